The van der Waals surface area contributed by atoms with E-state index in [1.807, 2.05) is 18.4 Å². The minimum absolute atomic E-state index is 0.0777. The van der Waals surface area contributed by atoms with Crippen LogP contribution in [-0.2, 0) is 14.3 Å². The summed E-state index contributed by atoms with van der Waals surface area (Å²) >= 11 is 8.04. The predicted molar refractivity (Wildman–Crippen MR) is 148 cm³/mol. The van der Waals surface area contributed by atoms with Crippen molar-refractivity contribution in [2.24, 2.45) is 0 Å². The summed E-state index contributed by atoms with van der Waals surface area (Å²) in [6.45, 7) is 3.84. The summed E-state index contributed by atoms with van der Waals surface area (Å²) in [5.74, 6) is 1.23. The van der Waals surface area contributed by atoms with E-state index in [1.54, 1.807) is 41.3 Å². The zero-order valence-electron chi connectivity index (χ0n) is 20.7. The molecule has 13 heteroatoms. The van der Waals surface area contributed by atoms with Gasteiger partial charge in [0, 0.05) is 30.9 Å². The first-order chi connectivity index (χ1) is 18.5. The zero-order chi connectivity index (χ0) is 26.5. The molecule has 0 spiro atoms. The summed E-state index contributed by atoms with van der Waals surface area (Å²) in [4.78, 5) is 39.0. The highest BCUT2D eigenvalue weighted by molar-refractivity contribution is 7.98. The summed E-state index contributed by atoms with van der Waals surface area (Å²) in [6, 6.07) is 14.2. The number of hydrazine groups is 2. The summed E-state index contributed by atoms with van der Waals surface area (Å²) in [5, 5.41) is 0.408. The van der Waals surface area contributed by atoms with Crippen LogP contribution in [0, 0.1) is 4.91 Å². The minimum Gasteiger partial charge on any atom is -0.378 e. The van der Waals surface area contributed by atoms with E-state index in [4.69, 9.17) is 26.1 Å². The van der Waals surface area contributed by atoms with Gasteiger partial charge in [-0.3, -0.25) is 4.79 Å². The Morgan fingerprint density at radius 1 is 0.921 bits per heavy atom. The molecule has 5 rings (SSSR count). The van der Waals surface area contributed by atoms with Gasteiger partial charge < -0.3 is 19.3 Å². The predicted octanol–water partition coefficient (Wildman–Crippen LogP) is 3.85. The van der Waals surface area contributed by atoms with E-state index in [0.29, 0.717) is 53.7 Å². The van der Waals surface area contributed by atoms with Crippen LogP contribution in [0.3, 0.4) is 0 Å². The van der Waals surface area contributed by atoms with Crippen molar-refractivity contribution >= 4 is 52.2 Å². The number of hydrogen-bond donors (Lipinski definition) is 2. The van der Waals surface area contributed by atoms with Crippen molar-refractivity contribution in [1.82, 2.24) is 9.97 Å². The number of carbonyl (C=O) groups is 1. The lowest BCUT2D eigenvalue weighted by Gasteiger charge is -2.29. The van der Waals surface area contributed by atoms with Crippen LogP contribution in [0.1, 0.15) is 0 Å². The molecule has 0 unspecified atom stereocenters. The Hall–Kier alpha value is -3.45. The number of anilines is 4. The number of aromatic nitrogens is 2. The Balaban J connectivity index is 1.24. The van der Waals surface area contributed by atoms with Crippen molar-refractivity contribution in [2.75, 3.05) is 73.0 Å². The highest BCUT2D eigenvalue weighted by atomic mass is 35.5. The summed E-state index contributed by atoms with van der Waals surface area (Å²) in [5.41, 5.74) is 8.14. The summed E-state index contributed by atoms with van der Waals surface area (Å²) in [6.07, 6.45) is 1.96. The number of carbonyl (C=O) groups excluding carboxylic acids is 1. The second kappa shape index (κ2) is 11.9. The maximum Gasteiger partial charge on any atom is 0.255 e. The lowest BCUT2D eigenvalue weighted by atomic mass is 10.2. The Morgan fingerprint density at radius 2 is 1.55 bits per heavy atom. The number of nitroso groups, excluding NO2 is 1. The van der Waals surface area contributed by atoms with E-state index < -0.39 is 0 Å². The molecule has 2 saturated heterocycles. The van der Waals surface area contributed by atoms with Crippen molar-refractivity contribution in [3.05, 3.63) is 58.6 Å². The molecule has 0 radical (unpaired) electrons. The molecule has 2 fully saturated rings. The van der Waals surface area contributed by atoms with Gasteiger partial charge in [0.05, 0.1) is 29.6 Å². The molecule has 11 nitrogen and oxygen atoms in total. The van der Waals surface area contributed by atoms with Gasteiger partial charge in [-0.25, -0.2) is 9.97 Å². The van der Waals surface area contributed by atoms with E-state index in [-0.39, 0.29) is 12.5 Å². The molecule has 1 amide bonds. The van der Waals surface area contributed by atoms with Crippen LogP contribution in [0.15, 0.2) is 53.4 Å². The fourth-order valence-electron chi connectivity index (χ4n) is 4.17. The maximum absolute atomic E-state index is 12.5. The molecule has 3 aromatic rings. The Morgan fingerprint density at radius 3 is 2.18 bits per heavy atom. The third-order valence-electron chi connectivity index (χ3n) is 6.09. The van der Waals surface area contributed by atoms with E-state index in [1.165, 1.54) is 11.8 Å². The van der Waals surface area contributed by atoms with Gasteiger partial charge in [-0.1, -0.05) is 22.5 Å². The number of rotatable bonds is 8. The fraction of sp³-hybridized carbons (Fsp3) is 0.320. The number of ether oxygens (including phenoxy) is 2. The Bertz CT molecular complexity index is 1300. The molecule has 2 aliphatic heterocycles. The Kier molecular flexibility index (Phi) is 8.23. The second-order valence-corrected chi connectivity index (χ2v) is 9.71. The van der Waals surface area contributed by atoms with Crippen LogP contribution in [0.4, 0.5) is 22.9 Å². The molecule has 198 valence electrons. The van der Waals surface area contributed by atoms with Crippen molar-refractivity contribution in [3.63, 3.8) is 0 Å². The minimum atomic E-state index is -0.0855. The fourth-order valence-corrected chi connectivity index (χ4v) is 5.14. The molecule has 1 aromatic heterocycles. The van der Waals surface area contributed by atoms with Crippen LogP contribution in [-0.4, -0.2) is 73.2 Å². The maximum atomic E-state index is 12.5. The average Bonchev–Trinajstić information content (AvgIpc) is 2.94. The second-order valence-electron chi connectivity index (χ2n) is 8.53. The number of halogens is 1. The van der Waals surface area contributed by atoms with Crippen LogP contribution < -0.4 is 20.7 Å². The summed E-state index contributed by atoms with van der Waals surface area (Å²) in [7, 11) is 0. The zero-order valence-corrected chi connectivity index (χ0v) is 22.3. The molecular formula is C25H27ClN7O4S+. The topological polar surface area (TPSA) is 112 Å². The normalized spacial score (nSPS) is 15.9. The largest absolute Gasteiger partial charge is 0.378 e. The van der Waals surface area contributed by atoms with Gasteiger partial charge in [0.15, 0.2) is 5.82 Å². The molecular weight excluding hydrogens is 530 g/mol. The molecule has 0 aliphatic carbocycles. The standard InChI is InChI=1S/C25H27ClN7O4S/c1-38-22-23(26)27-24(28-25(22)31-10-13-36-14-11-31)17-2-4-18(5-3-17)29-33(35)30-19-6-8-20(9-7-19)32-12-15-37-16-21(32)34/h2-9H,10-16H2,1H3,(H2,29,30,35)/q+1. The van der Waals surface area contributed by atoms with Gasteiger partial charge in [0.2, 0.25) is 0 Å². The van der Waals surface area contributed by atoms with Gasteiger partial charge in [0.1, 0.15) is 29.0 Å². The van der Waals surface area contributed by atoms with E-state index in [9.17, 15) is 9.70 Å². The average molecular weight is 557 g/mol. The van der Waals surface area contributed by atoms with Gasteiger partial charge in [-0.15, -0.1) is 11.8 Å². The first-order valence-electron chi connectivity index (χ1n) is 12.1. The van der Waals surface area contributed by atoms with Gasteiger partial charge in [-0.2, -0.15) is 0 Å². The first kappa shape index (κ1) is 26.2. The molecule has 3 heterocycles. The van der Waals surface area contributed by atoms with Crippen molar-refractivity contribution in [1.29, 1.82) is 0 Å². The van der Waals surface area contributed by atoms with E-state index in [2.05, 4.69) is 20.7 Å². The van der Waals surface area contributed by atoms with E-state index in [0.717, 1.165) is 35.1 Å². The molecule has 2 aliphatic rings. The first-order valence-corrected chi connectivity index (χ1v) is 13.7. The Labute approximate surface area is 229 Å². The van der Waals surface area contributed by atoms with Gasteiger partial charge in [0.25, 0.3) is 10.9 Å². The number of nitrogens with one attached hydrogen (secondary N) is 2. The SMILES string of the molecule is CSc1c(Cl)nc(-c2ccc(N[N+](=O)Nc3ccc(N4CCOCC4=O)cc3)cc2)nc1N1CCOCC1. The summed E-state index contributed by atoms with van der Waals surface area (Å²) < 4.78 is 10.6. The van der Waals surface area contributed by atoms with Crippen molar-refractivity contribution in [2.45, 2.75) is 4.90 Å². The van der Waals surface area contributed by atoms with Crippen LogP contribution >= 0.6 is 23.4 Å². The number of morpholine rings is 2. The van der Waals surface area contributed by atoms with E-state index >= 15 is 0 Å². The molecule has 0 atom stereocenters. The third kappa shape index (κ3) is 5.99. The van der Waals surface area contributed by atoms with Crippen LogP contribution in [0.2, 0.25) is 5.15 Å². The van der Waals surface area contributed by atoms with Crippen LogP contribution in [0.25, 0.3) is 11.4 Å². The molecule has 2 aromatic carbocycles. The van der Waals surface area contributed by atoms with Crippen molar-refractivity contribution in [3.8, 4) is 11.4 Å². The smallest absolute Gasteiger partial charge is 0.255 e. The number of amides is 1. The number of thioether (sulfide) groups is 1. The lowest BCUT2D eigenvalue weighted by Crippen LogP contribution is -2.41. The van der Waals surface area contributed by atoms with Gasteiger partial charge in [-0.05, 0) is 54.8 Å². The highest BCUT2D eigenvalue weighted by Crippen LogP contribution is 2.35. The monoisotopic (exact) mass is 556 g/mol. The van der Waals surface area contributed by atoms with Crippen molar-refractivity contribution < 1.29 is 19.2 Å². The molecule has 0 saturated carbocycles. The lowest BCUT2D eigenvalue weighted by molar-refractivity contribution is -0.485. The quantitative estimate of drug-likeness (QED) is 0.184. The molecule has 0 bridgehead atoms. The molecule has 2 N–H and O–H groups in total. The third-order valence-corrected chi connectivity index (χ3v) is 7.26. The van der Waals surface area contributed by atoms with Gasteiger partial charge >= 0.3 is 0 Å². The number of hydrogen-bond acceptors (Lipinski definition) is 8. The molecule has 38 heavy (non-hydrogen) atoms. The van der Waals surface area contributed by atoms with Crippen LogP contribution in [0.5, 0.6) is 0 Å². The highest BCUT2D eigenvalue weighted by Gasteiger charge is 2.22. The number of nitrogens with zero attached hydrogens (tertiary/aromatic N) is 5. The number of benzene rings is 2.